The summed E-state index contributed by atoms with van der Waals surface area (Å²) in [6.07, 6.45) is 0.975. The molecule has 2 unspecified atom stereocenters. The lowest BCUT2D eigenvalue weighted by atomic mass is 9.93. The van der Waals surface area contributed by atoms with Crippen molar-refractivity contribution in [2.24, 2.45) is 5.73 Å². The number of ether oxygens (including phenoxy) is 1. The number of hydrogen-bond acceptors (Lipinski definition) is 6. The molecule has 0 bridgehead atoms. The number of halogens is 2. The minimum absolute atomic E-state index is 0.0110. The molecule has 1 saturated heterocycles. The van der Waals surface area contributed by atoms with Crippen LogP contribution in [0.4, 0.5) is 8.78 Å². The van der Waals surface area contributed by atoms with E-state index in [9.17, 15) is 17.2 Å². The van der Waals surface area contributed by atoms with E-state index < -0.39 is 33.8 Å². The van der Waals surface area contributed by atoms with Crippen molar-refractivity contribution in [1.29, 1.82) is 0 Å². The summed E-state index contributed by atoms with van der Waals surface area (Å²) < 4.78 is 58.1. The molecule has 10 heteroatoms. The Labute approximate surface area is 162 Å². The molecule has 2 aromatic rings. The molecule has 0 spiro atoms. The fourth-order valence-corrected chi connectivity index (χ4v) is 4.94. The maximum Gasteiger partial charge on any atom is 0.251 e. The van der Waals surface area contributed by atoms with Gasteiger partial charge in [0.2, 0.25) is 0 Å². The number of nitrogens with two attached hydrogens (primary N) is 1. The van der Waals surface area contributed by atoms with E-state index in [0.29, 0.717) is 31.8 Å². The zero-order chi connectivity index (χ0) is 20.2. The molecule has 0 saturated carbocycles. The first-order valence-corrected chi connectivity index (χ1v) is 10.8. The summed E-state index contributed by atoms with van der Waals surface area (Å²) in [7, 11) is -3.43. The number of fused-ring (bicyclic) bond motifs is 1. The second kappa shape index (κ2) is 6.87. The highest BCUT2D eigenvalue weighted by Crippen LogP contribution is 2.34. The monoisotopic (exact) mass is 412 g/mol. The van der Waals surface area contributed by atoms with Gasteiger partial charge in [-0.2, -0.15) is 9.19 Å². The third-order valence-corrected chi connectivity index (χ3v) is 6.48. The standard InChI is InChI=1S/C18H22F2N4O3S/c1-10-14-7-23(8-17(14)22-24(10)28(2,25)26)12-6-16(21)18(27-9-12)13-5-11(19)3-4-15(13)20/h3-5,12,16,18H,6-9,21H2,1-2H3/t12?,16?,18-/m0/s1. The molecular formula is C18H22F2N4O3S. The van der Waals surface area contributed by atoms with E-state index >= 15 is 0 Å². The zero-order valence-electron chi connectivity index (χ0n) is 15.6. The Morgan fingerprint density at radius 1 is 1.29 bits per heavy atom. The van der Waals surface area contributed by atoms with Crippen LogP contribution in [0, 0.1) is 18.6 Å². The molecule has 2 aliphatic heterocycles. The summed E-state index contributed by atoms with van der Waals surface area (Å²) >= 11 is 0. The number of aromatic nitrogens is 2. The van der Waals surface area contributed by atoms with E-state index in [-0.39, 0.29) is 11.6 Å². The van der Waals surface area contributed by atoms with Gasteiger partial charge in [0.25, 0.3) is 10.0 Å². The first kappa shape index (κ1) is 19.4. The highest BCUT2D eigenvalue weighted by molar-refractivity contribution is 7.89. The van der Waals surface area contributed by atoms with E-state index in [4.69, 9.17) is 10.5 Å². The number of benzene rings is 1. The molecule has 1 aromatic carbocycles. The highest BCUT2D eigenvalue weighted by atomic mass is 32.2. The second-order valence-electron chi connectivity index (χ2n) is 7.49. The Morgan fingerprint density at radius 3 is 2.68 bits per heavy atom. The smallest absolute Gasteiger partial charge is 0.251 e. The lowest BCUT2D eigenvalue weighted by molar-refractivity contribution is -0.0533. The molecule has 152 valence electrons. The van der Waals surface area contributed by atoms with Gasteiger partial charge in [-0.25, -0.2) is 17.2 Å². The van der Waals surface area contributed by atoms with Crippen LogP contribution < -0.4 is 5.73 Å². The average Bonchev–Trinajstić information content (AvgIpc) is 3.17. The van der Waals surface area contributed by atoms with Crippen LogP contribution in [0.2, 0.25) is 0 Å². The zero-order valence-corrected chi connectivity index (χ0v) is 16.4. The van der Waals surface area contributed by atoms with Crippen molar-refractivity contribution in [2.45, 2.75) is 44.6 Å². The van der Waals surface area contributed by atoms with E-state index in [2.05, 4.69) is 10.00 Å². The van der Waals surface area contributed by atoms with Crippen molar-refractivity contribution in [2.75, 3.05) is 12.9 Å². The van der Waals surface area contributed by atoms with Crippen LogP contribution in [0.25, 0.3) is 0 Å². The third-order valence-electron chi connectivity index (χ3n) is 5.49. The van der Waals surface area contributed by atoms with Gasteiger partial charge in [0.1, 0.15) is 17.7 Å². The average molecular weight is 412 g/mol. The second-order valence-corrected chi connectivity index (χ2v) is 9.31. The Morgan fingerprint density at radius 2 is 2.04 bits per heavy atom. The fraction of sp³-hybridized carbons (Fsp3) is 0.500. The van der Waals surface area contributed by atoms with Gasteiger partial charge in [0, 0.05) is 36.3 Å². The topological polar surface area (TPSA) is 90.5 Å². The van der Waals surface area contributed by atoms with Gasteiger partial charge in [0.15, 0.2) is 0 Å². The minimum Gasteiger partial charge on any atom is -0.370 e. The van der Waals surface area contributed by atoms with E-state index in [0.717, 1.165) is 39.8 Å². The van der Waals surface area contributed by atoms with Crippen molar-refractivity contribution in [1.82, 2.24) is 14.1 Å². The predicted octanol–water partition coefficient (Wildman–Crippen LogP) is 1.45. The number of hydrogen-bond donors (Lipinski definition) is 1. The van der Waals surface area contributed by atoms with Gasteiger partial charge in [-0.1, -0.05) is 0 Å². The molecule has 1 aromatic heterocycles. The molecule has 3 heterocycles. The SMILES string of the molecule is Cc1c2c(nn1S(C)(=O)=O)CN(C1CO[C@@H](c3cc(F)ccc3F)C(N)C1)C2. The van der Waals surface area contributed by atoms with E-state index in [1.165, 1.54) is 0 Å². The molecule has 0 amide bonds. The van der Waals surface area contributed by atoms with E-state index in [1.54, 1.807) is 6.92 Å². The first-order chi connectivity index (χ1) is 13.1. The van der Waals surface area contributed by atoms with Crippen LogP contribution in [0.5, 0.6) is 0 Å². The molecule has 3 atom stereocenters. The molecule has 2 aliphatic rings. The Kier molecular flexibility index (Phi) is 4.77. The van der Waals surface area contributed by atoms with Crippen molar-refractivity contribution in [3.05, 3.63) is 52.3 Å². The van der Waals surface area contributed by atoms with Crippen molar-refractivity contribution in [3.63, 3.8) is 0 Å². The molecule has 4 rings (SSSR count). The molecule has 2 N–H and O–H groups in total. The van der Waals surface area contributed by atoms with Gasteiger partial charge in [-0.05, 0) is 31.5 Å². The van der Waals surface area contributed by atoms with Gasteiger partial charge < -0.3 is 10.5 Å². The summed E-state index contributed by atoms with van der Waals surface area (Å²) in [6, 6.07) is 2.77. The Balaban J connectivity index is 1.47. The van der Waals surface area contributed by atoms with Gasteiger partial charge >= 0.3 is 0 Å². The van der Waals surface area contributed by atoms with Crippen LogP contribution in [0.15, 0.2) is 18.2 Å². The maximum atomic E-state index is 14.1. The third kappa shape index (κ3) is 3.34. The van der Waals surface area contributed by atoms with Crippen LogP contribution in [-0.4, -0.2) is 47.4 Å². The Hall–Kier alpha value is -1.88. The molecule has 0 radical (unpaired) electrons. The molecule has 1 fully saturated rings. The maximum absolute atomic E-state index is 14.1. The summed E-state index contributed by atoms with van der Waals surface area (Å²) in [5, 5.41) is 4.23. The van der Waals surface area contributed by atoms with Gasteiger partial charge in [-0.15, -0.1) is 0 Å². The first-order valence-electron chi connectivity index (χ1n) is 8.99. The van der Waals surface area contributed by atoms with Gasteiger partial charge in [0.05, 0.1) is 24.3 Å². The lowest BCUT2D eigenvalue weighted by Crippen LogP contribution is -2.47. The van der Waals surface area contributed by atoms with Gasteiger partial charge in [-0.3, -0.25) is 4.90 Å². The Bertz CT molecular complexity index is 1020. The summed E-state index contributed by atoms with van der Waals surface area (Å²) in [5.74, 6) is -1.07. The molecule has 7 nitrogen and oxygen atoms in total. The predicted molar refractivity (Wildman–Crippen MR) is 97.9 cm³/mol. The van der Waals surface area contributed by atoms with Crippen molar-refractivity contribution in [3.8, 4) is 0 Å². The number of nitrogens with zero attached hydrogens (tertiary/aromatic N) is 3. The quantitative estimate of drug-likeness (QED) is 0.821. The summed E-state index contributed by atoms with van der Waals surface area (Å²) in [4.78, 5) is 2.13. The normalized spacial score (nSPS) is 25.8. The summed E-state index contributed by atoms with van der Waals surface area (Å²) in [5.41, 5.74) is 8.62. The lowest BCUT2D eigenvalue weighted by Gasteiger charge is -2.38. The summed E-state index contributed by atoms with van der Waals surface area (Å²) in [6.45, 7) is 3.11. The fourth-order valence-electron chi connectivity index (χ4n) is 4.09. The molecule has 28 heavy (non-hydrogen) atoms. The van der Waals surface area contributed by atoms with Crippen LogP contribution in [-0.2, 0) is 27.8 Å². The molecule has 0 aliphatic carbocycles. The van der Waals surface area contributed by atoms with E-state index in [1.807, 2.05) is 0 Å². The molecular weight excluding hydrogens is 390 g/mol. The van der Waals surface area contributed by atoms with Crippen LogP contribution >= 0.6 is 0 Å². The van der Waals surface area contributed by atoms with Crippen molar-refractivity contribution >= 4 is 10.0 Å². The number of rotatable bonds is 3. The highest BCUT2D eigenvalue weighted by Gasteiger charge is 2.38. The van der Waals surface area contributed by atoms with Crippen LogP contribution in [0.1, 0.15) is 35.0 Å². The van der Waals surface area contributed by atoms with Crippen LogP contribution in [0.3, 0.4) is 0 Å². The largest absolute Gasteiger partial charge is 0.370 e. The minimum atomic E-state index is -3.43. The van der Waals surface area contributed by atoms with Crippen molar-refractivity contribution < 1.29 is 21.9 Å².